The van der Waals surface area contributed by atoms with Gasteiger partial charge in [0, 0.05) is 6.04 Å². The number of nitrogens with one attached hydrogen (secondary N) is 1. The van der Waals surface area contributed by atoms with Gasteiger partial charge in [-0.3, -0.25) is 4.79 Å². The van der Waals surface area contributed by atoms with E-state index in [4.69, 9.17) is 0 Å². The smallest absolute Gasteiger partial charge is 0.234 e. The van der Waals surface area contributed by atoms with Crippen molar-refractivity contribution < 1.29 is 4.79 Å². The van der Waals surface area contributed by atoms with Crippen LogP contribution >= 0.6 is 15.9 Å². The third-order valence-corrected chi connectivity index (χ3v) is 4.51. The Balaban J connectivity index is 2.35. The lowest BCUT2D eigenvalue weighted by Crippen LogP contribution is -2.40. The summed E-state index contributed by atoms with van der Waals surface area (Å²) in [6.45, 7) is 4.12. The molecule has 0 aliphatic heterocycles. The van der Waals surface area contributed by atoms with E-state index in [0.29, 0.717) is 12.0 Å². The average molecular weight is 276 g/mol. The first kappa shape index (κ1) is 13.0. The first-order valence-corrected chi connectivity index (χ1v) is 6.97. The maximum absolute atomic E-state index is 11.8. The number of hydrogen-bond donors (Lipinski definition) is 1. The summed E-state index contributed by atoms with van der Waals surface area (Å²) in [5, 5.41) is 3.15. The number of hydrogen-bond acceptors (Lipinski definition) is 1. The van der Waals surface area contributed by atoms with Gasteiger partial charge in [-0.2, -0.15) is 0 Å². The van der Waals surface area contributed by atoms with Gasteiger partial charge in [0.05, 0.1) is 4.83 Å². The normalized spacial score (nSPS) is 21.1. The third-order valence-electron chi connectivity index (χ3n) is 3.04. The van der Waals surface area contributed by atoms with Crippen LogP contribution < -0.4 is 5.32 Å². The summed E-state index contributed by atoms with van der Waals surface area (Å²) in [4.78, 5) is 11.8. The number of amides is 1. The lowest BCUT2D eigenvalue weighted by molar-refractivity contribution is -0.121. The predicted molar refractivity (Wildman–Crippen MR) is 67.2 cm³/mol. The molecular weight excluding hydrogens is 254 g/mol. The van der Waals surface area contributed by atoms with Crippen molar-refractivity contribution in [2.75, 3.05) is 0 Å². The van der Waals surface area contributed by atoms with Crippen LogP contribution in [0, 0.1) is 5.92 Å². The second-order valence-electron chi connectivity index (χ2n) is 4.84. The molecule has 0 aromatic heterocycles. The molecule has 1 amide bonds. The van der Waals surface area contributed by atoms with Gasteiger partial charge in [-0.15, -0.1) is 0 Å². The van der Waals surface area contributed by atoms with Gasteiger partial charge >= 0.3 is 0 Å². The Labute approximate surface area is 101 Å². The summed E-state index contributed by atoms with van der Waals surface area (Å²) >= 11 is 3.44. The number of carbonyl (C=O) groups excluding carboxylic acids is 1. The molecule has 0 bridgehead atoms. The number of halogens is 1. The Kier molecular flexibility index (Phi) is 5.65. The van der Waals surface area contributed by atoms with Gasteiger partial charge in [0.15, 0.2) is 0 Å². The van der Waals surface area contributed by atoms with Gasteiger partial charge in [-0.25, -0.2) is 0 Å². The molecule has 1 atom stereocenters. The molecular formula is C12H22BrNO. The molecule has 3 heteroatoms. The second kappa shape index (κ2) is 6.51. The molecule has 0 radical (unpaired) electrons. The molecule has 1 aliphatic rings. The summed E-state index contributed by atoms with van der Waals surface area (Å²) in [7, 11) is 0. The molecule has 1 N–H and O–H groups in total. The molecule has 15 heavy (non-hydrogen) atoms. The monoisotopic (exact) mass is 275 g/mol. The fourth-order valence-electron chi connectivity index (χ4n) is 2.01. The molecule has 0 spiro atoms. The molecule has 0 aromatic rings. The third kappa shape index (κ3) is 4.54. The van der Waals surface area contributed by atoms with Crippen LogP contribution in [0.4, 0.5) is 0 Å². The van der Waals surface area contributed by atoms with Crippen LogP contribution in [0.25, 0.3) is 0 Å². The zero-order valence-electron chi connectivity index (χ0n) is 9.76. The maximum atomic E-state index is 11.8. The van der Waals surface area contributed by atoms with E-state index in [1.54, 1.807) is 0 Å². The van der Waals surface area contributed by atoms with E-state index in [1.165, 1.54) is 25.7 Å². The quantitative estimate of drug-likeness (QED) is 0.622. The Bertz CT molecular complexity index is 198. The van der Waals surface area contributed by atoms with Gasteiger partial charge in [-0.05, 0) is 18.8 Å². The van der Waals surface area contributed by atoms with E-state index in [9.17, 15) is 4.79 Å². The van der Waals surface area contributed by atoms with E-state index in [2.05, 4.69) is 35.1 Å². The first-order chi connectivity index (χ1) is 7.11. The maximum Gasteiger partial charge on any atom is 0.234 e. The lowest BCUT2D eigenvalue weighted by atomic mass is 10.1. The molecule has 0 aromatic carbocycles. The van der Waals surface area contributed by atoms with E-state index in [1.807, 2.05) is 0 Å². The van der Waals surface area contributed by atoms with Crippen molar-refractivity contribution in [3.63, 3.8) is 0 Å². The van der Waals surface area contributed by atoms with Crippen molar-refractivity contribution in [2.45, 2.75) is 63.2 Å². The van der Waals surface area contributed by atoms with Crippen LogP contribution in [-0.2, 0) is 4.79 Å². The molecule has 1 fully saturated rings. The van der Waals surface area contributed by atoms with E-state index in [-0.39, 0.29) is 10.7 Å². The van der Waals surface area contributed by atoms with E-state index in [0.717, 1.165) is 12.8 Å². The highest BCUT2D eigenvalue weighted by Crippen LogP contribution is 2.18. The lowest BCUT2D eigenvalue weighted by Gasteiger charge is -2.20. The van der Waals surface area contributed by atoms with Crippen LogP contribution in [0.3, 0.4) is 0 Å². The highest BCUT2D eigenvalue weighted by atomic mass is 79.9. The summed E-state index contributed by atoms with van der Waals surface area (Å²) in [5.41, 5.74) is 0. The first-order valence-electron chi connectivity index (χ1n) is 6.05. The molecule has 1 saturated carbocycles. The Hall–Kier alpha value is -0.0500. The van der Waals surface area contributed by atoms with Gasteiger partial charge in [0.1, 0.15) is 0 Å². The highest BCUT2D eigenvalue weighted by molar-refractivity contribution is 9.10. The van der Waals surface area contributed by atoms with Crippen molar-refractivity contribution in [2.24, 2.45) is 5.92 Å². The zero-order valence-corrected chi connectivity index (χ0v) is 11.3. The van der Waals surface area contributed by atoms with Crippen molar-refractivity contribution in [3.05, 3.63) is 0 Å². The van der Waals surface area contributed by atoms with Crippen LogP contribution in [0.1, 0.15) is 52.4 Å². The van der Waals surface area contributed by atoms with Gasteiger partial charge in [0.2, 0.25) is 5.91 Å². The van der Waals surface area contributed by atoms with Gasteiger partial charge in [-0.1, -0.05) is 55.5 Å². The summed E-state index contributed by atoms with van der Waals surface area (Å²) in [5.74, 6) is 0.521. The molecule has 1 unspecified atom stereocenters. The Morgan fingerprint density at radius 2 is 1.73 bits per heavy atom. The van der Waals surface area contributed by atoms with Crippen LogP contribution in [0.5, 0.6) is 0 Å². The van der Waals surface area contributed by atoms with Gasteiger partial charge in [0.25, 0.3) is 0 Å². The number of alkyl halides is 1. The molecule has 0 saturated heterocycles. The van der Waals surface area contributed by atoms with E-state index < -0.39 is 0 Å². The van der Waals surface area contributed by atoms with Crippen molar-refractivity contribution in [1.82, 2.24) is 5.32 Å². The summed E-state index contributed by atoms with van der Waals surface area (Å²) < 4.78 is 0. The highest BCUT2D eigenvalue weighted by Gasteiger charge is 2.21. The summed E-state index contributed by atoms with van der Waals surface area (Å²) in [6, 6.07) is 0.416. The fourth-order valence-corrected chi connectivity index (χ4v) is 2.14. The Morgan fingerprint density at radius 1 is 1.20 bits per heavy atom. The molecule has 1 aliphatic carbocycles. The average Bonchev–Trinajstić information content (AvgIpc) is 2.45. The number of carbonyl (C=O) groups is 1. The Morgan fingerprint density at radius 3 is 2.20 bits per heavy atom. The van der Waals surface area contributed by atoms with Crippen LogP contribution in [0.15, 0.2) is 0 Å². The molecule has 0 heterocycles. The largest absolute Gasteiger partial charge is 0.352 e. The van der Waals surface area contributed by atoms with Crippen LogP contribution in [-0.4, -0.2) is 16.8 Å². The molecule has 2 nitrogen and oxygen atoms in total. The minimum Gasteiger partial charge on any atom is -0.352 e. The van der Waals surface area contributed by atoms with Crippen molar-refractivity contribution in [3.8, 4) is 0 Å². The van der Waals surface area contributed by atoms with Crippen molar-refractivity contribution in [1.29, 1.82) is 0 Å². The van der Waals surface area contributed by atoms with E-state index >= 15 is 0 Å². The minimum atomic E-state index is -0.0410. The van der Waals surface area contributed by atoms with Gasteiger partial charge < -0.3 is 5.32 Å². The number of rotatable bonds is 3. The molecule has 88 valence electrons. The zero-order chi connectivity index (χ0) is 11.3. The summed E-state index contributed by atoms with van der Waals surface area (Å²) in [6.07, 6.45) is 7.49. The van der Waals surface area contributed by atoms with Crippen molar-refractivity contribution >= 4 is 21.8 Å². The second-order valence-corrected chi connectivity index (χ2v) is 5.83. The SMILES string of the molecule is CC(C)C(Br)C(=O)NC1CCCCCC1. The molecule has 1 rings (SSSR count). The fraction of sp³-hybridized carbons (Fsp3) is 0.917. The topological polar surface area (TPSA) is 29.1 Å². The minimum absolute atomic E-state index is 0.0410. The standard InChI is InChI=1S/C12H22BrNO/c1-9(2)11(13)12(15)14-10-7-5-3-4-6-8-10/h9-11H,3-8H2,1-2H3,(H,14,15). The predicted octanol–water partition coefficient (Wildman–Crippen LogP) is 3.24. The van der Waals surface area contributed by atoms with Crippen LogP contribution in [0.2, 0.25) is 0 Å².